The van der Waals surface area contributed by atoms with Crippen LogP contribution in [0.1, 0.15) is 73.0 Å². The second kappa shape index (κ2) is 12.4. The molecule has 0 aliphatic carbocycles. The number of carbonyl (C=O) groups is 1. The summed E-state index contributed by atoms with van der Waals surface area (Å²) in [7, 11) is 0. The van der Waals surface area contributed by atoms with Crippen molar-refractivity contribution >= 4 is 16.9 Å². The molecule has 6 nitrogen and oxygen atoms in total. The molecule has 0 radical (unpaired) electrons. The van der Waals surface area contributed by atoms with Gasteiger partial charge in [-0.1, -0.05) is 44.5 Å². The Hall–Kier alpha value is -3.54. The Morgan fingerprint density at radius 2 is 1.92 bits per heavy atom. The number of benzene rings is 2. The predicted octanol–water partition coefficient (Wildman–Crippen LogP) is 6.67. The highest BCUT2D eigenvalue weighted by Gasteiger charge is 2.12. The van der Waals surface area contributed by atoms with Crippen molar-refractivity contribution in [2.24, 2.45) is 0 Å². The number of carbonyl (C=O) groups excluding carboxylic acids is 1. The van der Waals surface area contributed by atoms with Crippen LogP contribution < -0.4 is 10.1 Å². The van der Waals surface area contributed by atoms with E-state index in [2.05, 4.69) is 67.1 Å². The largest absolute Gasteiger partial charge is 0.493 e. The van der Waals surface area contributed by atoms with E-state index in [1.54, 1.807) is 12.1 Å². The third-order valence-corrected chi connectivity index (χ3v) is 6.42. The van der Waals surface area contributed by atoms with Gasteiger partial charge in [0.2, 0.25) is 0 Å². The average molecular weight is 488 g/mol. The van der Waals surface area contributed by atoms with Gasteiger partial charge in [0.25, 0.3) is 5.91 Å². The highest BCUT2D eigenvalue weighted by Crippen LogP contribution is 2.27. The number of unbranched alkanes of at least 4 members (excludes halogenated alkanes) is 2. The molecule has 0 aliphatic heterocycles. The smallest absolute Gasteiger partial charge is 0.286 e. The number of nitrogens with zero attached hydrogens (tertiary/aromatic N) is 2. The lowest BCUT2D eigenvalue weighted by Crippen LogP contribution is -2.23. The first kappa shape index (κ1) is 25.5. The molecule has 2 heterocycles. The van der Waals surface area contributed by atoms with Crippen LogP contribution in [0.15, 0.2) is 65.3 Å². The number of imidazole rings is 1. The molecule has 0 fully saturated rings. The molecule has 4 aromatic rings. The molecule has 4 rings (SSSR count). The van der Waals surface area contributed by atoms with Crippen LogP contribution >= 0.6 is 0 Å². The van der Waals surface area contributed by atoms with Gasteiger partial charge >= 0.3 is 0 Å². The van der Waals surface area contributed by atoms with Crippen molar-refractivity contribution in [1.29, 1.82) is 0 Å². The third-order valence-electron chi connectivity index (χ3n) is 6.42. The molecule has 0 saturated carbocycles. The van der Waals surface area contributed by atoms with Gasteiger partial charge in [0.15, 0.2) is 5.76 Å². The molecule has 2 aromatic heterocycles. The minimum absolute atomic E-state index is 0.157. The lowest BCUT2D eigenvalue weighted by atomic mass is 10.0. The highest BCUT2D eigenvalue weighted by molar-refractivity contribution is 5.91. The van der Waals surface area contributed by atoms with Gasteiger partial charge in [0, 0.05) is 19.5 Å². The first-order valence-electron chi connectivity index (χ1n) is 13.0. The second-order valence-corrected chi connectivity index (χ2v) is 9.61. The van der Waals surface area contributed by atoms with Gasteiger partial charge in [-0.25, -0.2) is 4.98 Å². The maximum atomic E-state index is 12.0. The summed E-state index contributed by atoms with van der Waals surface area (Å²) in [5.74, 6) is 2.75. The summed E-state index contributed by atoms with van der Waals surface area (Å²) in [6.45, 7) is 8.70. The van der Waals surface area contributed by atoms with E-state index in [-0.39, 0.29) is 5.91 Å². The molecule has 0 atom stereocenters. The Morgan fingerprint density at radius 1 is 1.06 bits per heavy atom. The van der Waals surface area contributed by atoms with Crippen LogP contribution in [-0.4, -0.2) is 28.6 Å². The number of hydrogen-bond acceptors (Lipinski definition) is 4. The zero-order chi connectivity index (χ0) is 25.3. The summed E-state index contributed by atoms with van der Waals surface area (Å²) in [5.41, 5.74) is 4.70. The summed E-state index contributed by atoms with van der Waals surface area (Å²) in [6, 6.07) is 18.2. The van der Waals surface area contributed by atoms with Crippen molar-refractivity contribution in [1.82, 2.24) is 14.9 Å². The van der Waals surface area contributed by atoms with Crippen molar-refractivity contribution in [3.05, 3.63) is 83.6 Å². The summed E-state index contributed by atoms with van der Waals surface area (Å²) in [4.78, 5) is 16.9. The first-order valence-corrected chi connectivity index (χ1v) is 13.0. The molecule has 0 unspecified atom stereocenters. The van der Waals surface area contributed by atoms with Gasteiger partial charge in [-0.3, -0.25) is 4.79 Å². The van der Waals surface area contributed by atoms with Gasteiger partial charge in [0.1, 0.15) is 11.6 Å². The van der Waals surface area contributed by atoms with Crippen LogP contribution in [0.4, 0.5) is 0 Å². The SMILES string of the molecule is Cc1ccc(C(C)C)c(OCCCn2c(CCCCCNC(=O)c3ccco3)nc3ccccc32)c1. The number of para-hydroxylation sites is 2. The molecule has 1 N–H and O–H groups in total. The summed E-state index contributed by atoms with van der Waals surface area (Å²) < 4.78 is 13.7. The number of aromatic nitrogens is 2. The van der Waals surface area contributed by atoms with Gasteiger partial charge in [0.05, 0.1) is 23.9 Å². The molecule has 2 aromatic carbocycles. The van der Waals surface area contributed by atoms with Gasteiger partial charge in [-0.05, 0) is 73.6 Å². The van der Waals surface area contributed by atoms with E-state index < -0.39 is 0 Å². The van der Waals surface area contributed by atoms with Crippen LogP contribution in [0.5, 0.6) is 5.75 Å². The lowest BCUT2D eigenvalue weighted by Gasteiger charge is -2.15. The number of ether oxygens (including phenoxy) is 1. The number of amides is 1. The highest BCUT2D eigenvalue weighted by atomic mass is 16.5. The fourth-order valence-corrected chi connectivity index (χ4v) is 4.50. The zero-order valence-electron chi connectivity index (χ0n) is 21.6. The summed E-state index contributed by atoms with van der Waals surface area (Å²) in [6.07, 6.45) is 6.32. The summed E-state index contributed by atoms with van der Waals surface area (Å²) in [5, 5.41) is 2.91. The van der Waals surface area contributed by atoms with E-state index in [1.165, 1.54) is 22.9 Å². The normalized spacial score (nSPS) is 11.3. The van der Waals surface area contributed by atoms with Crippen LogP contribution in [0.3, 0.4) is 0 Å². The Morgan fingerprint density at radius 3 is 2.72 bits per heavy atom. The number of hydrogen-bond donors (Lipinski definition) is 1. The van der Waals surface area contributed by atoms with E-state index in [0.29, 0.717) is 24.8 Å². The molecule has 0 saturated heterocycles. The van der Waals surface area contributed by atoms with Crippen LogP contribution in [0.25, 0.3) is 11.0 Å². The molecule has 36 heavy (non-hydrogen) atoms. The van der Waals surface area contributed by atoms with Crippen molar-refractivity contribution in [3.8, 4) is 5.75 Å². The number of furan rings is 1. The van der Waals surface area contributed by atoms with Crippen molar-refractivity contribution in [2.75, 3.05) is 13.2 Å². The van der Waals surface area contributed by atoms with Crippen LogP contribution in [-0.2, 0) is 13.0 Å². The molecule has 190 valence electrons. The fourth-order valence-electron chi connectivity index (χ4n) is 4.50. The van der Waals surface area contributed by atoms with Crippen LogP contribution in [0, 0.1) is 6.92 Å². The van der Waals surface area contributed by atoms with E-state index >= 15 is 0 Å². The third kappa shape index (κ3) is 6.56. The zero-order valence-corrected chi connectivity index (χ0v) is 21.6. The maximum Gasteiger partial charge on any atom is 0.286 e. The van der Waals surface area contributed by atoms with E-state index in [4.69, 9.17) is 14.1 Å². The number of aryl methyl sites for hydroxylation is 3. The monoisotopic (exact) mass is 487 g/mol. The minimum atomic E-state index is -0.157. The molecular formula is C30H37N3O3. The summed E-state index contributed by atoms with van der Waals surface area (Å²) >= 11 is 0. The molecule has 0 spiro atoms. The molecule has 0 bridgehead atoms. The van der Waals surface area contributed by atoms with Crippen molar-refractivity contribution in [3.63, 3.8) is 0 Å². The molecule has 1 amide bonds. The minimum Gasteiger partial charge on any atom is -0.493 e. The lowest BCUT2D eigenvalue weighted by molar-refractivity contribution is 0.0925. The Kier molecular flexibility index (Phi) is 8.82. The maximum absolute atomic E-state index is 12.0. The average Bonchev–Trinajstić information content (AvgIpc) is 3.52. The number of nitrogens with one attached hydrogen (secondary N) is 1. The quantitative estimate of drug-likeness (QED) is 0.214. The second-order valence-electron chi connectivity index (χ2n) is 9.61. The van der Waals surface area contributed by atoms with Gasteiger partial charge < -0.3 is 19.0 Å². The number of fused-ring (bicyclic) bond motifs is 1. The number of rotatable bonds is 13. The first-order chi connectivity index (χ1) is 17.5. The molecular weight excluding hydrogens is 450 g/mol. The molecule has 0 aliphatic rings. The van der Waals surface area contributed by atoms with Crippen LogP contribution in [0.2, 0.25) is 0 Å². The standard InChI is InChI=1S/C30H37N3O3/c1-22(2)24-16-15-23(3)21-28(24)36-20-10-18-33-26-12-7-6-11-25(26)32-29(33)14-5-4-8-17-31-30(34)27-13-9-19-35-27/h6-7,9,11-13,15-16,19,21-22H,4-5,8,10,14,17-18,20H2,1-3H3,(H,31,34). The Labute approximate surface area is 213 Å². The van der Waals surface area contributed by atoms with Gasteiger partial charge in [-0.2, -0.15) is 0 Å². The topological polar surface area (TPSA) is 69.3 Å². The fraction of sp³-hybridized carbons (Fsp3) is 0.400. The Bertz CT molecular complexity index is 1260. The van der Waals surface area contributed by atoms with Crippen molar-refractivity contribution in [2.45, 2.75) is 65.3 Å². The molecule has 6 heteroatoms. The van der Waals surface area contributed by atoms with Gasteiger partial charge in [-0.15, -0.1) is 0 Å². The Balaban J connectivity index is 1.28. The van der Waals surface area contributed by atoms with E-state index in [9.17, 15) is 4.79 Å². The van der Waals surface area contributed by atoms with E-state index in [0.717, 1.165) is 55.7 Å². The van der Waals surface area contributed by atoms with Crippen molar-refractivity contribution < 1.29 is 13.9 Å². The van der Waals surface area contributed by atoms with E-state index in [1.807, 2.05) is 6.07 Å². The predicted molar refractivity (Wildman–Crippen MR) is 144 cm³/mol.